The highest BCUT2D eigenvalue weighted by atomic mass is 13.8. The van der Waals surface area contributed by atoms with Gasteiger partial charge in [0.25, 0.3) is 0 Å². The Kier molecular flexibility index (Phi) is 1.53. The van der Waals surface area contributed by atoms with Crippen LogP contribution in [-0.4, -0.2) is 0 Å². The van der Waals surface area contributed by atoms with Crippen LogP contribution in [0, 0.1) is 18.3 Å². The highest BCUT2D eigenvalue weighted by molar-refractivity contribution is 5.09. The maximum absolute atomic E-state index is 4.88. The molecule has 0 heteroatoms. The Balaban J connectivity index is 2.94. The quantitative estimate of drug-likeness (QED) is 0.295. The van der Waals surface area contributed by atoms with Crippen LogP contribution in [0.25, 0.3) is 0 Å². The van der Waals surface area contributed by atoms with E-state index in [9.17, 15) is 0 Å². The van der Waals surface area contributed by atoms with Gasteiger partial charge in [0.05, 0.1) is 0 Å². The van der Waals surface area contributed by atoms with Crippen LogP contribution in [0.15, 0.2) is 0 Å². The molecule has 0 spiro atoms. The smallest absolute Gasteiger partial charge is 0.0323 e. The van der Waals surface area contributed by atoms with Gasteiger partial charge in [-0.05, 0) is 0 Å². The molecule has 0 heterocycles. The fraction of sp³-hybridized carbons (Fsp3) is 0.400. The van der Waals surface area contributed by atoms with E-state index in [0.717, 1.165) is 5.92 Å². The zero-order chi connectivity index (χ0) is 4.28. The van der Waals surface area contributed by atoms with E-state index in [4.69, 9.17) is 6.42 Å². The first-order valence-electron chi connectivity index (χ1n) is 1.54. The summed E-state index contributed by atoms with van der Waals surface area (Å²) >= 11 is 0. The molecule has 0 bridgehead atoms. The zero-order valence-electron chi connectivity index (χ0n) is 3.58. The summed E-state index contributed by atoms with van der Waals surface area (Å²) in [5, 5.41) is 0. The standard InChI is InChI=1S/C5H7/c1-4-5(2)3/h1H,2-3H3/q+1. The first kappa shape index (κ1) is 4.43. The second-order valence-electron chi connectivity index (χ2n) is 1.14. The van der Waals surface area contributed by atoms with Gasteiger partial charge in [0.15, 0.2) is 0 Å². The average Bonchev–Trinajstić information content (AvgIpc) is 1.38. The van der Waals surface area contributed by atoms with E-state index in [1.807, 2.05) is 13.8 Å². The molecule has 0 aromatic carbocycles. The van der Waals surface area contributed by atoms with Gasteiger partial charge in [-0.2, -0.15) is 0 Å². The molecule has 0 unspecified atom stereocenters. The Labute approximate surface area is 33.2 Å². The van der Waals surface area contributed by atoms with Crippen molar-refractivity contribution >= 4 is 0 Å². The molecule has 26 valence electrons. The Bertz CT molecular complexity index is 45.5. The number of hydrogen-bond acceptors (Lipinski definition) is 0. The molecule has 0 fully saturated rings. The minimum Gasteiger partial charge on any atom is 0.0323 e. The third kappa shape index (κ3) is 3.43. The summed E-state index contributed by atoms with van der Waals surface area (Å²) in [6.07, 6.45) is 4.88. The third-order valence-corrected chi connectivity index (χ3v) is 0.289. The molecule has 0 rings (SSSR count). The summed E-state index contributed by atoms with van der Waals surface area (Å²) in [6.45, 7) is 3.81. The van der Waals surface area contributed by atoms with Crippen molar-refractivity contribution in [2.24, 2.45) is 0 Å². The van der Waals surface area contributed by atoms with E-state index < -0.39 is 0 Å². The molecule has 0 saturated heterocycles. The van der Waals surface area contributed by atoms with Crippen LogP contribution in [0.2, 0.25) is 0 Å². The highest BCUT2D eigenvalue weighted by Gasteiger charge is 1.86. The maximum atomic E-state index is 4.88. The van der Waals surface area contributed by atoms with Crippen molar-refractivity contribution in [3.8, 4) is 12.3 Å². The van der Waals surface area contributed by atoms with Gasteiger partial charge in [0.1, 0.15) is 18.3 Å². The van der Waals surface area contributed by atoms with Gasteiger partial charge in [0, 0.05) is 13.8 Å². The lowest BCUT2D eigenvalue weighted by atomic mass is 10.2. The molecule has 0 nitrogen and oxygen atoms in total. The van der Waals surface area contributed by atoms with Crippen molar-refractivity contribution in [2.75, 3.05) is 0 Å². The van der Waals surface area contributed by atoms with Gasteiger partial charge >= 0.3 is 0 Å². The molecule has 0 atom stereocenters. The Hall–Kier alpha value is -0.570. The van der Waals surface area contributed by atoms with Crippen molar-refractivity contribution in [3.05, 3.63) is 5.92 Å². The maximum Gasteiger partial charge on any atom is 0.138 e. The van der Waals surface area contributed by atoms with Gasteiger partial charge in [0.2, 0.25) is 0 Å². The van der Waals surface area contributed by atoms with Gasteiger partial charge in [-0.3, -0.25) is 0 Å². The predicted molar refractivity (Wildman–Crippen MR) is 23.4 cm³/mol. The molecule has 0 aromatic rings. The third-order valence-electron chi connectivity index (χ3n) is 0.289. The summed E-state index contributed by atoms with van der Waals surface area (Å²) in [5.74, 6) is 3.48. The molecule has 0 aliphatic heterocycles. The van der Waals surface area contributed by atoms with E-state index in [-0.39, 0.29) is 0 Å². The van der Waals surface area contributed by atoms with Crippen LogP contribution in [0.4, 0.5) is 0 Å². The highest BCUT2D eigenvalue weighted by Crippen LogP contribution is 1.85. The Morgan fingerprint density at radius 3 is 1.80 bits per heavy atom. The summed E-state index contributed by atoms with van der Waals surface area (Å²) in [6, 6.07) is 0. The Morgan fingerprint density at radius 2 is 1.80 bits per heavy atom. The minimum atomic E-state index is 1.03. The van der Waals surface area contributed by atoms with Crippen molar-refractivity contribution in [3.63, 3.8) is 0 Å². The molecular weight excluding hydrogens is 60.1 g/mol. The fourth-order valence-electron chi connectivity index (χ4n) is 0. The van der Waals surface area contributed by atoms with Gasteiger partial charge in [-0.25, -0.2) is 0 Å². The van der Waals surface area contributed by atoms with E-state index in [1.54, 1.807) is 0 Å². The lowest BCUT2D eigenvalue weighted by molar-refractivity contribution is 1.25. The van der Waals surface area contributed by atoms with Gasteiger partial charge < -0.3 is 0 Å². The molecular formula is C5H7+. The van der Waals surface area contributed by atoms with Crippen LogP contribution in [0.1, 0.15) is 13.8 Å². The summed E-state index contributed by atoms with van der Waals surface area (Å²) in [7, 11) is 0. The lowest BCUT2D eigenvalue weighted by Gasteiger charge is -1.68. The molecule has 0 N–H and O–H groups in total. The fourth-order valence-corrected chi connectivity index (χ4v) is 0. The second kappa shape index (κ2) is 1.72. The van der Waals surface area contributed by atoms with Crippen molar-refractivity contribution in [1.82, 2.24) is 0 Å². The minimum absolute atomic E-state index is 1.03. The van der Waals surface area contributed by atoms with E-state index in [2.05, 4.69) is 5.92 Å². The SMILES string of the molecule is C#C[C+](C)C. The van der Waals surface area contributed by atoms with Crippen LogP contribution in [-0.2, 0) is 0 Å². The van der Waals surface area contributed by atoms with E-state index in [1.165, 1.54) is 0 Å². The molecule has 0 saturated carbocycles. The second-order valence-corrected chi connectivity index (χ2v) is 1.14. The molecule has 0 aromatic heterocycles. The number of rotatable bonds is 0. The van der Waals surface area contributed by atoms with Crippen molar-refractivity contribution in [2.45, 2.75) is 13.8 Å². The number of terminal acetylenes is 1. The van der Waals surface area contributed by atoms with Crippen LogP contribution >= 0.6 is 0 Å². The zero-order valence-corrected chi connectivity index (χ0v) is 3.58. The number of hydrogen-bond donors (Lipinski definition) is 0. The molecule has 0 amide bonds. The molecule has 0 aliphatic rings. The molecule has 5 heavy (non-hydrogen) atoms. The predicted octanol–water partition coefficient (Wildman–Crippen LogP) is 1.23. The summed E-state index contributed by atoms with van der Waals surface area (Å²) in [5.41, 5.74) is 0. The van der Waals surface area contributed by atoms with E-state index in [0.29, 0.717) is 0 Å². The first-order valence-corrected chi connectivity index (χ1v) is 1.54. The van der Waals surface area contributed by atoms with Gasteiger partial charge in [-0.1, -0.05) is 0 Å². The molecule has 0 aliphatic carbocycles. The van der Waals surface area contributed by atoms with Gasteiger partial charge in [-0.15, -0.1) is 0 Å². The Morgan fingerprint density at radius 1 is 1.60 bits per heavy atom. The summed E-state index contributed by atoms with van der Waals surface area (Å²) in [4.78, 5) is 0. The summed E-state index contributed by atoms with van der Waals surface area (Å²) < 4.78 is 0. The normalized spacial score (nSPS) is 5.80. The topological polar surface area (TPSA) is 0 Å². The van der Waals surface area contributed by atoms with Crippen LogP contribution in [0.5, 0.6) is 0 Å². The monoisotopic (exact) mass is 67.1 g/mol. The lowest BCUT2D eigenvalue weighted by Crippen LogP contribution is -1.68. The van der Waals surface area contributed by atoms with E-state index >= 15 is 0 Å². The van der Waals surface area contributed by atoms with Crippen molar-refractivity contribution < 1.29 is 0 Å². The average molecular weight is 67.1 g/mol. The first-order chi connectivity index (χ1) is 2.27. The van der Waals surface area contributed by atoms with Crippen LogP contribution in [0.3, 0.4) is 0 Å². The van der Waals surface area contributed by atoms with Crippen molar-refractivity contribution in [1.29, 1.82) is 0 Å². The largest absolute Gasteiger partial charge is 0.138 e. The van der Waals surface area contributed by atoms with Crippen LogP contribution < -0.4 is 0 Å². The molecule has 0 radical (unpaired) electrons.